The van der Waals surface area contributed by atoms with Crippen molar-refractivity contribution in [3.05, 3.63) is 80.9 Å². The van der Waals surface area contributed by atoms with Gasteiger partial charge in [-0.2, -0.15) is 0 Å². The fourth-order valence-electron chi connectivity index (χ4n) is 3.43. The number of hydrogen-bond donors (Lipinski definition) is 1. The van der Waals surface area contributed by atoms with Crippen molar-refractivity contribution in [2.24, 2.45) is 0 Å². The summed E-state index contributed by atoms with van der Waals surface area (Å²) >= 11 is 2.70. The van der Waals surface area contributed by atoms with Crippen LogP contribution in [0.25, 0.3) is 11.0 Å². The minimum absolute atomic E-state index is 0.00404. The lowest BCUT2D eigenvalue weighted by Gasteiger charge is -2.22. The van der Waals surface area contributed by atoms with Crippen LogP contribution >= 0.6 is 22.7 Å². The van der Waals surface area contributed by atoms with Gasteiger partial charge >= 0.3 is 0 Å². The standard InChI is InChI=1S/C21H14N2O4S2/c1-11-10-29-21(22-11)23-17(15-7-4-8-28-15)16(19(25)20(23)26)18(24)14-9-12-5-2-3-6-13(12)27-14/h2-10,17,25H,1H3. The first-order valence-electron chi connectivity index (χ1n) is 8.80. The molecule has 0 aliphatic carbocycles. The molecule has 1 unspecified atom stereocenters. The van der Waals surface area contributed by atoms with Crippen LogP contribution in [-0.2, 0) is 4.79 Å². The number of amides is 1. The summed E-state index contributed by atoms with van der Waals surface area (Å²) in [4.78, 5) is 32.8. The Kier molecular flexibility index (Phi) is 4.11. The molecule has 0 saturated carbocycles. The molecule has 0 saturated heterocycles. The third kappa shape index (κ3) is 2.80. The number of furan rings is 1. The molecule has 5 rings (SSSR count). The monoisotopic (exact) mass is 422 g/mol. The maximum Gasteiger partial charge on any atom is 0.296 e. The molecule has 0 spiro atoms. The molecule has 0 fully saturated rings. The van der Waals surface area contributed by atoms with E-state index in [0.29, 0.717) is 10.7 Å². The highest BCUT2D eigenvalue weighted by molar-refractivity contribution is 7.14. The summed E-state index contributed by atoms with van der Waals surface area (Å²) in [7, 11) is 0. The van der Waals surface area contributed by atoms with E-state index in [2.05, 4.69) is 4.98 Å². The van der Waals surface area contributed by atoms with E-state index in [9.17, 15) is 14.7 Å². The fourth-order valence-corrected chi connectivity index (χ4v) is 5.08. The number of thiophene rings is 1. The number of thiazole rings is 1. The Morgan fingerprint density at radius 2 is 2.03 bits per heavy atom. The number of Topliss-reactive ketones (excluding diaryl/α,β-unsaturated/α-hetero) is 1. The number of rotatable bonds is 4. The van der Waals surface area contributed by atoms with Gasteiger partial charge in [0.25, 0.3) is 5.91 Å². The number of aromatic nitrogens is 1. The molecule has 1 atom stereocenters. The van der Waals surface area contributed by atoms with E-state index in [0.717, 1.165) is 16.0 Å². The van der Waals surface area contributed by atoms with E-state index >= 15 is 0 Å². The predicted octanol–water partition coefficient (Wildman–Crippen LogP) is 5.04. The van der Waals surface area contributed by atoms with Gasteiger partial charge in [0.15, 0.2) is 16.7 Å². The molecule has 0 radical (unpaired) electrons. The lowest BCUT2D eigenvalue weighted by Crippen LogP contribution is -2.30. The zero-order valence-electron chi connectivity index (χ0n) is 15.2. The van der Waals surface area contributed by atoms with Crippen molar-refractivity contribution < 1.29 is 19.1 Å². The number of para-hydroxylation sites is 1. The van der Waals surface area contributed by atoms with Crippen LogP contribution in [0, 0.1) is 6.92 Å². The molecule has 1 aliphatic rings. The summed E-state index contributed by atoms with van der Waals surface area (Å²) < 4.78 is 5.70. The molecule has 4 heterocycles. The van der Waals surface area contributed by atoms with Gasteiger partial charge in [0.05, 0.1) is 11.3 Å². The molecular weight excluding hydrogens is 408 g/mol. The molecule has 29 heavy (non-hydrogen) atoms. The van der Waals surface area contributed by atoms with Crippen LogP contribution in [0.1, 0.15) is 27.2 Å². The van der Waals surface area contributed by atoms with Crippen molar-refractivity contribution in [1.29, 1.82) is 0 Å². The predicted molar refractivity (Wildman–Crippen MR) is 112 cm³/mol. The van der Waals surface area contributed by atoms with E-state index in [1.165, 1.54) is 27.6 Å². The van der Waals surface area contributed by atoms with Crippen molar-refractivity contribution in [1.82, 2.24) is 4.98 Å². The number of nitrogens with zero attached hydrogens (tertiary/aromatic N) is 2. The Balaban J connectivity index is 1.65. The number of aryl methyl sites for hydroxylation is 1. The van der Waals surface area contributed by atoms with Crippen molar-refractivity contribution in [2.45, 2.75) is 13.0 Å². The summed E-state index contributed by atoms with van der Waals surface area (Å²) in [5.74, 6) is -1.64. The molecule has 0 bridgehead atoms. The number of aliphatic hydroxyl groups excluding tert-OH is 1. The number of hydrogen-bond acceptors (Lipinski definition) is 7. The number of ketones is 1. The van der Waals surface area contributed by atoms with Crippen molar-refractivity contribution >= 4 is 50.5 Å². The number of benzene rings is 1. The summed E-state index contributed by atoms with van der Waals surface area (Å²) in [6.45, 7) is 1.83. The molecule has 1 aromatic carbocycles. The Morgan fingerprint density at radius 1 is 1.21 bits per heavy atom. The van der Waals surface area contributed by atoms with Gasteiger partial charge in [-0.3, -0.25) is 14.5 Å². The molecule has 3 aromatic heterocycles. The molecular formula is C21H14N2O4S2. The molecule has 1 N–H and O–H groups in total. The van der Waals surface area contributed by atoms with Gasteiger partial charge in [0.2, 0.25) is 5.78 Å². The van der Waals surface area contributed by atoms with Crippen LogP contribution in [0.15, 0.2) is 69.0 Å². The van der Waals surface area contributed by atoms with Gasteiger partial charge in [0.1, 0.15) is 11.6 Å². The first kappa shape index (κ1) is 17.8. The van der Waals surface area contributed by atoms with Gasteiger partial charge < -0.3 is 9.52 Å². The van der Waals surface area contributed by atoms with Gasteiger partial charge in [0, 0.05) is 15.6 Å². The number of carbonyl (C=O) groups is 2. The van der Waals surface area contributed by atoms with E-state index in [1.807, 2.05) is 48.0 Å². The van der Waals surface area contributed by atoms with E-state index in [4.69, 9.17) is 4.42 Å². The van der Waals surface area contributed by atoms with Crippen LogP contribution in [0.5, 0.6) is 0 Å². The average Bonchev–Trinajstić information content (AvgIpc) is 3.49. The largest absolute Gasteiger partial charge is 0.503 e. The van der Waals surface area contributed by atoms with Gasteiger partial charge in [-0.05, 0) is 30.5 Å². The lowest BCUT2D eigenvalue weighted by atomic mass is 10.0. The van der Waals surface area contributed by atoms with Gasteiger partial charge in [-0.25, -0.2) is 4.98 Å². The lowest BCUT2D eigenvalue weighted by molar-refractivity contribution is -0.117. The molecule has 1 amide bonds. The quantitative estimate of drug-likeness (QED) is 0.466. The second-order valence-electron chi connectivity index (χ2n) is 6.60. The van der Waals surface area contributed by atoms with E-state index in [-0.39, 0.29) is 11.3 Å². The van der Waals surface area contributed by atoms with Crippen LogP contribution in [0.2, 0.25) is 0 Å². The first-order chi connectivity index (χ1) is 14.0. The second-order valence-corrected chi connectivity index (χ2v) is 8.42. The third-order valence-electron chi connectivity index (χ3n) is 4.73. The topological polar surface area (TPSA) is 83.6 Å². The summed E-state index contributed by atoms with van der Waals surface area (Å²) in [6.07, 6.45) is 0. The first-order valence-corrected chi connectivity index (χ1v) is 10.6. The van der Waals surface area contributed by atoms with Gasteiger partial charge in [-0.15, -0.1) is 22.7 Å². The van der Waals surface area contributed by atoms with Crippen molar-refractivity contribution in [2.75, 3.05) is 4.90 Å². The number of aliphatic hydroxyl groups is 1. The third-order valence-corrected chi connectivity index (χ3v) is 6.61. The Hall–Kier alpha value is -3.23. The highest BCUT2D eigenvalue weighted by Crippen LogP contribution is 2.44. The fraction of sp³-hybridized carbons (Fsp3) is 0.0952. The average molecular weight is 422 g/mol. The molecule has 144 valence electrons. The summed E-state index contributed by atoms with van der Waals surface area (Å²) in [6, 6.07) is 11.8. The molecule has 4 aromatic rings. The Labute approximate surface area is 173 Å². The highest BCUT2D eigenvalue weighted by atomic mass is 32.1. The summed E-state index contributed by atoms with van der Waals surface area (Å²) in [5, 5.41) is 15.6. The zero-order chi connectivity index (χ0) is 20.1. The minimum atomic E-state index is -0.756. The van der Waals surface area contributed by atoms with E-state index in [1.54, 1.807) is 12.1 Å². The van der Waals surface area contributed by atoms with Crippen molar-refractivity contribution in [3.8, 4) is 0 Å². The Bertz CT molecular complexity index is 1250. The van der Waals surface area contributed by atoms with Crippen LogP contribution in [-0.4, -0.2) is 21.8 Å². The Morgan fingerprint density at radius 3 is 2.72 bits per heavy atom. The smallest absolute Gasteiger partial charge is 0.296 e. The highest BCUT2D eigenvalue weighted by Gasteiger charge is 2.46. The SMILES string of the molecule is Cc1csc(N2C(=O)C(O)=C(C(=O)c3cc4ccccc4o3)C2c2cccs2)n1. The molecule has 8 heteroatoms. The number of carbonyl (C=O) groups excluding carboxylic acids is 2. The van der Waals surface area contributed by atoms with Crippen LogP contribution in [0.4, 0.5) is 5.13 Å². The van der Waals surface area contributed by atoms with Crippen LogP contribution < -0.4 is 4.90 Å². The van der Waals surface area contributed by atoms with Crippen LogP contribution in [0.3, 0.4) is 0 Å². The van der Waals surface area contributed by atoms with Crippen molar-refractivity contribution in [3.63, 3.8) is 0 Å². The molecule has 1 aliphatic heterocycles. The maximum atomic E-state index is 13.4. The van der Waals surface area contributed by atoms with E-state index < -0.39 is 23.5 Å². The molecule has 6 nitrogen and oxygen atoms in total. The zero-order valence-corrected chi connectivity index (χ0v) is 16.8. The summed E-state index contributed by atoms with van der Waals surface area (Å²) in [5.41, 5.74) is 1.34. The van der Waals surface area contributed by atoms with Gasteiger partial charge in [-0.1, -0.05) is 24.3 Å². The number of anilines is 1. The maximum absolute atomic E-state index is 13.4. The number of fused-ring (bicyclic) bond motifs is 1. The second kappa shape index (κ2) is 6.68. The normalized spacial score (nSPS) is 16.9. The minimum Gasteiger partial charge on any atom is -0.503 e.